The number of rotatable bonds is 6. The normalized spacial score (nSPS) is 10.6. The second-order valence-corrected chi connectivity index (χ2v) is 4.35. The average molecular weight is 324 g/mol. The predicted molar refractivity (Wildman–Crippen MR) is 78.0 cm³/mol. The fourth-order valence-corrected chi connectivity index (χ4v) is 1.61. The van der Waals surface area contributed by atoms with Gasteiger partial charge in [-0.15, -0.1) is 0 Å². The summed E-state index contributed by atoms with van der Waals surface area (Å²) in [5, 5.41) is 14.4. The molecule has 0 aliphatic rings. The zero-order valence-electron chi connectivity index (χ0n) is 11.1. The highest BCUT2D eigenvalue weighted by Crippen LogP contribution is 2.22. The molecule has 0 spiro atoms. The van der Waals surface area contributed by atoms with Crippen molar-refractivity contribution in [1.29, 1.82) is 0 Å². The quantitative estimate of drug-likeness (QED) is 0.499. The summed E-state index contributed by atoms with van der Waals surface area (Å²) >= 11 is 5.87. The Morgan fingerprint density at radius 2 is 2.18 bits per heavy atom. The molecule has 2 aromatic rings. The minimum atomic E-state index is -0.673. The molecule has 22 heavy (non-hydrogen) atoms. The third-order valence-corrected chi connectivity index (χ3v) is 2.68. The van der Waals surface area contributed by atoms with Crippen LogP contribution >= 0.6 is 11.6 Å². The molecular weight excluding hydrogens is 314 g/mol. The summed E-state index contributed by atoms with van der Waals surface area (Å²) in [5.74, 6) is -0.406. The molecule has 1 aromatic heterocycles. The highest BCUT2D eigenvalue weighted by atomic mass is 35.5. The van der Waals surface area contributed by atoms with Crippen molar-refractivity contribution in [1.82, 2.24) is 5.43 Å². The van der Waals surface area contributed by atoms with E-state index in [2.05, 4.69) is 10.5 Å². The van der Waals surface area contributed by atoms with Gasteiger partial charge in [-0.05, 0) is 18.2 Å². The molecule has 0 saturated heterocycles. The van der Waals surface area contributed by atoms with Crippen LogP contribution in [0.25, 0.3) is 0 Å². The van der Waals surface area contributed by atoms with Crippen LogP contribution in [0.2, 0.25) is 5.02 Å². The molecule has 0 saturated carbocycles. The number of hydrogen-bond donors (Lipinski definition) is 1. The molecule has 2 rings (SSSR count). The molecule has 0 radical (unpaired) electrons. The van der Waals surface area contributed by atoms with Gasteiger partial charge < -0.3 is 9.15 Å². The number of furan rings is 1. The molecule has 1 N–H and O–H groups in total. The number of hydrazone groups is 1. The first kappa shape index (κ1) is 15.5. The van der Waals surface area contributed by atoms with Crippen molar-refractivity contribution >= 4 is 29.6 Å². The average Bonchev–Trinajstić information content (AvgIpc) is 2.95. The summed E-state index contributed by atoms with van der Waals surface area (Å²) < 4.78 is 10.0. The van der Waals surface area contributed by atoms with Crippen LogP contribution in [0.1, 0.15) is 5.76 Å². The van der Waals surface area contributed by atoms with Gasteiger partial charge in [0.25, 0.3) is 5.91 Å². The van der Waals surface area contributed by atoms with E-state index in [-0.39, 0.29) is 12.4 Å². The first-order valence-electron chi connectivity index (χ1n) is 5.99. The van der Waals surface area contributed by atoms with Gasteiger partial charge in [0.05, 0.1) is 17.3 Å². The molecule has 1 amide bonds. The van der Waals surface area contributed by atoms with Crippen molar-refractivity contribution in [3.05, 3.63) is 57.3 Å². The summed E-state index contributed by atoms with van der Waals surface area (Å²) in [7, 11) is 0. The number of nitrogens with one attached hydrogen (secondary N) is 1. The van der Waals surface area contributed by atoms with E-state index in [4.69, 9.17) is 20.8 Å². The van der Waals surface area contributed by atoms with Crippen molar-refractivity contribution in [2.45, 2.75) is 0 Å². The minimum absolute atomic E-state index is 0.138. The van der Waals surface area contributed by atoms with Crippen LogP contribution in [0.4, 0.5) is 5.88 Å². The lowest BCUT2D eigenvalue weighted by Gasteiger charge is -2.05. The molecule has 9 heteroatoms. The standard InChI is InChI=1S/C13H10ClN3O5/c14-10-3-1-2-4-11(10)21-8-12(18)16-15-7-9-5-6-13(22-9)17(19)20/h1-7H,8H2,(H,16,18)/b15-7+. The number of nitro groups is 1. The number of para-hydroxylation sites is 1. The Morgan fingerprint density at radius 3 is 2.86 bits per heavy atom. The molecule has 0 unspecified atom stereocenters. The molecular formula is C13H10ClN3O5. The van der Waals surface area contributed by atoms with Crippen LogP contribution in [-0.4, -0.2) is 23.7 Å². The number of hydrogen-bond acceptors (Lipinski definition) is 6. The summed E-state index contributed by atoms with van der Waals surface area (Å²) in [6, 6.07) is 9.26. The van der Waals surface area contributed by atoms with E-state index in [0.717, 1.165) is 6.21 Å². The molecule has 0 bridgehead atoms. The van der Waals surface area contributed by atoms with Crippen molar-refractivity contribution in [3.63, 3.8) is 0 Å². The van der Waals surface area contributed by atoms with Gasteiger partial charge in [0, 0.05) is 0 Å². The minimum Gasteiger partial charge on any atom is -0.482 e. The van der Waals surface area contributed by atoms with E-state index in [0.29, 0.717) is 10.8 Å². The van der Waals surface area contributed by atoms with Crippen LogP contribution in [0.3, 0.4) is 0 Å². The number of carbonyl (C=O) groups excluding carboxylic acids is 1. The second kappa shape index (κ2) is 7.23. The predicted octanol–water partition coefficient (Wildman–Crippen LogP) is 2.37. The number of carbonyl (C=O) groups is 1. The van der Waals surface area contributed by atoms with Gasteiger partial charge in [0.1, 0.15) is 10.7 Å². The Morgan fingerprint density at radius 1 is 1.41 bits per heavy atom. The maximum Gasteiger partial charge on any atom is 0.433 e. The Bertz CT molecular complexity index is 713. The molecule has 1 aromatic carbocycles. The molecule has 0 fully saturated rings. The monoisotopic (exact) mass is 323 g/mol. The van der Waals surface area contributed by atoms with Gasteiger partial charge >= 0.3 is 5.88 Å². The zero-order chi connectivity index (χ0) is 15.9. The van der Waals surface area contributed by atoms with Gasteiger partial charge in [0.15, 0.2) is 12.4 Å². The largest absolute Gasteiger partial charge is 0.482 e. The van der Waals surface area contributed by atoms with Gasteiger partial charge in [-0.2, -0.15) is 5.10 Å². The van der Waals surface area contributed by atoms with E-state index < -0.39 is 16.7 Å². The summed E-state index contributed by atoms with van der Waals surface area (Å²) in [4.78, 5) is 21.2. The topological polar surface area (TPSA) is 107 Å². The van der Waals surface area contributed by atoms with E-state index in [1.165, 1.54) is 12.1 Å². The third kappa shape index (κ3) is 4.32. The first-order chi connectivity index (χ1) is 10.6. The Balaban J connectivity index is 1.81. The molecule has 8 nitrogen and oxygen atoms in total. The maximum absolute atomic E-state index is 11.5. The SMILES string of the molecule is O=C(COc1ccccc1Cl)N/N=C/c1ccc([N+](=O)[O-])o1. The molecule has 114 valence electrons. The third-order valence-electron chi connectivity index (χ3n) is 2.37. The van der Waals surface area contributed by atoms with Crippen LogP contribution in [-0.2, 0) is 4.79 Å². The fourth-order valence-electron chi connectivity index (χ4n) is 1.41. The van der Waals surface area contributed by atoms with Gasteiger partial charge in [-0.3, -0.25) is 14.9 Å². The fraction of sp³-hybridized carbons (Fsp3) is 0.0769. The highest BCUT2D eigenvalue weighted by Gasteiger charge is 2.10. The Kier molecular flexibility index (Phi) is 5.10. The lowest BCUT2D eigenvalue weighted by molar-refractivity contribution is -0.402. The summed E-state index contributed by atoms with van der Waals surface area (Å²) in [5.41, 5.74) is 2.19. The molecule has 0 aliphatic carbocycles. The highest BCUT2D eigenvalue weighted by molar-refractivity contribution is 6.32. The second-order valence-electron chi connectivity index (χ2n) is 3.95. The number of amides is 1. The number of halogens is 1. The number of benzene rings is 1. The Hall–Kier alpha value is -2.87. The first-order valence-corrected chi connectivity index (χ1v) is 6.37. The van der Waals surface area contributed by atoms with Gasteiger partial charge in [-0.25, -0.2) is 5.43 Å². The van der Waals surface area contributed by atoms with E-state index >= 15 is 0 Å². The van der Waals surface area contributed by atoms with Crippen LogP contribution in [0, 0.1) is 10.1 Å². The molecule has 0 atom stereocenters. The maximum atomic E-state index is 11.5. The number of nitrogens with zero attached hydrogens (tertiary/aromatic N) is 2. The van der Waals surface area contributed by atoms with Gasteiger partial charge in [0.2, 0.25) is 0 Å². The number of ether oxygens (including phenoxy) is 1. The van der Waals surface area contributed by atoms with Crippen LogP contribution < -0.4 is 10.2 Å². The van der Waals surface area contributed by atoms with E-state index in [9.17, 15) is 14.9 Å². The van der Waals surface area contributed by atoms with Crippen LogP contribution in [0.5, 0.6) is 5.75 Å². The van der Waals surface area contributed by atoms with Crippen molar-refractivity contribution < 1.29 is 18.9 Å². The zero-order valence-corrected chi connectivity index (χ0v) is 11.8. The van der Waals surface area contributed by atoms with Gasteiger partial charge in [-0.1, -0.05) is 23.7 Å². The van der Waals surface area contributed by atoms with E-state index in [1.807, 2.05) is 0 Å². The van der Waals surface area contributed by atoms with Crippen LogP contribution in [0.15, 0.2) is 45.9 Å². The molecule has 0 aliphatic heterocycles. The van der Waals surface area contributed by atoms with Crippen molar-refractivity contribution in [2.75, 3.05) is 6.61 Å². The Labute approximate surface area is 129 Å². The van der Waals surface area contributed by atoms with Crippen molar-refractivity contribution in [3.8, 4) is 5.75 Å². The lowest BCUT2D eigenvalue weighted by atomic mass is 10.3. The van der Waals surface area contributed by atoms with E-state index in [1.54, 1.807) is 24.3 Å². The summed E-state index contributed by atoms with van der Waals surface area (Å²) in [6.45, 7) is -0.278. The lowest BCUT2D eigenvalue weighted by Crippen LogP contribution is -2.24. The van der Waals surface area contributed by atoms with Crippen molar-refractivity contribution in [2.24, 2.45) is 5.10 Å². The smallest absolute Gasteiger partial charge is 0.433 e. The summed E-state index contributed by atoms with van der Waals surface area (Å²) in [6.07, 6.45) is 1.14. The molecule has 1 heterocycles.